The van der Waals surface area contributed by atoms with Gasteiger partial charge in [0.2, 0.25) is 5.91 Å². The minimum Gasteiger partial charge on any atom is -0.496 e. The summed E-state index contributed by atoms with van der Waals surface area (Å²) in [5.74, 6) is 1.45. The van der Waals surface area contributed by atoms with Crippen LogP contribution in [-0.4, -0.2) is 72.0 Å². The van der Waals surface area contributed by atoms with E-state index in [9.17, 15) is 4.79 Å². The minimum atomic E-state index is 0.172. The lowest BCUT2D eigenvalue weighted by molar-refractivity contribution is -0.139. The number of benzene rings is 2. The fraction of sp³-hybridized carbons (Fsp3) is 0.429. The standard InChI is InChI=1S/C28H34N4O2/c1-34-27-7-6-24(25-4-2-3-5-26(25)27)21-31-16-18-32(19-17-31)28(33)23-10-14-30(15-11-23)20-22-8-12-29-13-9-22/h2-9,12-13,23H,10-11,14-21H2,1H3. The number of carbonyl (C=O) groups excluding carboxylic acids is 1. The van der Waals surface area contributed by atoms with E-state index in [4.69, 9.17) is 4.74 Å². The Balaban J connectivity index is 1.12. The Hall–Kier alpha value is -2.96. The second-order valence-electron chi connectivity index (χ2n) is 9.48. The first kappa shape index (κ1) is 22.8. The van der Waals surface area contributed by atoms with Crippen LogP contribution in [-0.2, 0) is 17.9 Å². The predicted octanol–water partition coefficient (Wildman–Crippen LogP) is 3.80. The molecule has 2 fully saturated rings. The molecule has 34 heavy (non-hydrogen) atoms. The van der Waals surface area contributed by atoms with Gasteiger partial charge in [-0.2, -0.15) is 0 Å². The lowest BCUT2D eigenvalue weighted by Gasteiger charge is -2.38. The molecule has 5 rings (SSSR count). The second-order valence-corrected chi connectivity index (χ2v) is 9.48. The van der Waals surface area contributed by atoms with Gasteiger partial charge in [0, 0.05) is 63.0 Å². The molecule has 0 spiro atoms. The topological polar surface area (TPSA) is 48.9 Å². The van der Waals surface area contributed by atoms with Crippen LogP contribution in [0.15, 0.2) is 60.9 Å². The van der Waals surface area contributed by atoms with Gasteiger partial charge in [0.1, 0.15) is 5.75 Å². The van der Waals surface area contributed by atoms with E-state index < -0.39 is 0 Å². The van der Waals surface area contributed by atoms with E-state index in [1.165, 1.54) is 16.5 Å². The summed E-state index contributed by atoms with van der Waals surface area (Å²) in [5.41, 5.74) is 2.61. The highest BCUT2D eigenvalue weighted by atomic mass is 16.5. The Morgan fingerprint density at radius 3 is 2.24 bits per heavy atom. The van der Waals surface area contributed by atoms with Crippen molar-refractivity contribution in [2.24, 2.45) is 5.92 Å². The quantitative estimate of drug-likeness (QED) is 0.562. The third-order valence-electron chi connectivity index (χ3n) is 7.36. The molecule has 6 nitrogen and oxygen atoms in total. The zero-order valence-corrected chi connectivity index (χ0v) is 20.0. The lowest BCUT2D eigenvalue weighted by Crippen LogP contribution is -2.51. The number of pyridine rings is 1. The fourth-order valence-corrected chi connectivity index (χ4v) is 5.36. The number of amides is 1. The maximum Gasteiger partial charge on any atom is 0.225 e. The van der Waals surface area contributed by atoms with Crippen LogP contribution >= 0.6 is 0 Å². The van der Waals surface area contributed by atoms with Gasteiger partial charge in [-0.1, -0.05) is 30.3 Å². The number of piperazine rings is 1. The summed E-state index contributed by atoms with van der Waals surface area (Å²) >= 11 is 0. The molecular weight excluding hydrogens is 424 g/mol. The van der Waals surface area contributed by atoms with Gasteiger partial charge in [-0.3, -0.25) is 19.6 Å². The summed E-state index contributed by atoms with van der Waals surface area (Å²) in [4.78, 5) is 24.3. The van der Waals surface area contributed by atoms with Gasteiger partial charge in [0.25, 0.3) is 0 Å². The van der Waals surface area contributed by atoms with Crippen LogP contribution in [0.3, 0.4) is 0 Å². The van der Waals surface area contributed by atoms with Gasteiger partial charge in [-0.05, 0) is 60.6 Å². The van der Waals surface area contributed by atoms with Crippen molar-refractivity contribution in [1.82, 2.24) is 19.7 Å². The number of fused-ring (bicyclic) bond motifs is 1. The van der Waals surface area contributed by atoms with Crippen LogP contribution in [0, 0.1) is 5.92 Å². The van der Waals surface area contributed by atoms with Crippen LogP contribution in [0.2, 0.25) is 0 Å². The number of piperidine rings is 1. The van der Waals surface area contributed by atoms with Crippen molar-refractivity contribution in [2.45, 2.75) is 25.9 Å². The number of nitrogens with zero attached hydrogens (tertiary/aromatic N) is 4. The first-order valence-electron chi connectivity index (χ1n) is 12.4. The molecule has 0 bridgehead atoms. The number of carbonyl (C=O) groups is 1. The Morgan fingerprint density at radius 1 is 0.853 bits per heavy atom. The van der Waals surface area contributed by atoms with Gasteiger partial charge in [0.05, 0.1) is 7.11 Å². The molecule has 6 heteroatoms. The molecular formula is C28H34N4O2. The molecule has 2 aliphatic rings. The SMILES string of the molecule is COc1ccc(CN2CCN(C(=O)C3CCN(Cc4ccncc4)CC3)CC2)c2ccccc12. The molecule has 3 heterocycles. The number of aromatic nitrogens is 1. The van der Waals surface area contributed by atoms with Crippen LogP contribution in [0.25, 0.3) is 10.8 Å². The number of ether oxygens (including phenoxy) is 1. The maximum absolute atomic E-state index is 13.2. The Labute approximate surface area is 202 Å². The summed E-state index contributed by atoms with van der Waals surface area (Å²) in [6.45, 7) is 7.32. The van der Waals surface area contributed by atoms with Crippen molar-refractivity contribution in [3.63, 3.8) is 0 Å². The van der Waals surface area contributed by atoms with Crippen LogP contribution in [0.1, 0.15) is 24.0 Å². The highest BCUT2D eigenvalue weighted by Crippen LogP contribution is 2.29. The Bertz CT molecular complexity index is 1100. The number of hydrogen-bond acceptors (Lipinski definition) is 5. The third kappa shape index (κ3) is 5.08. The second kappa shape index (κ2) is 10.5. The largest absolute Gasteiger partial charge is 0.496 e. The molecule has 0 radical (unpaired) electrons. The van der Waals surface area contributed by atoms with E-state index >= 15 is 0 Å². The number of rotatable bonds is 6. The van der Waals surface area contributed by atoms with Crippen molar-refractivity contribution < 1.29 is 9.53 Å². The van der Waals surface area contributed by atoms with E-state index in [0.717, 1.165) is 76.3 Å². The van der Waals surface area contributed by atoms with Crippen LogP contribution in [0.4, 0.5) is 0 Å². The fourth-order valence-electron chi connectivity index (χ4n) is 5.36. The Morgan fingerprint density at radius 2 is 1.53 bits per heavy atom. The molecule has 0 N–H and O–H groups in total. The molecule has 1 amide bonds. The van der Waals surface area contributed by atoms with Gasteiger partial charge in [0.15, 0.2) is 0 Å². The maximum atomic E-state index is 13.2. The zero-order chi connectivity index (χ0) is 23.3. The summed E-state index contributed by atoms with van der Waals surface area (Å²) in [7, 11) is 1.72. The molecule has 1 aromatic heterocycles. The summed E-state index contributed by atoms with van der Waals surface area (Å²) in [6, 6.07) is 16.8. The molecule has 0 saturated carbocycles. The molecule has 0 aliphatic carbocycles. The number of methoxy groups -OCH3 is 1. The van der Waals surface area contributed by atoms with Gasteiger partial charge in [-0.15, -0.1) is 0 Å². The first-order chi connectivity index (χ1) is 16.7. The zero-order valence-electron chi connectivity index (χ0n) is 20.0. The average molecular weight is 459 g/mol. The molecule has 0 unspecified atom stereocenters. The van der Waals surface area contributed by atoms with E-state index in [1.807, 2.05) is 12.4 Å². The average Bonchev–Trinajstić information content (AvgIpc) is 2.90. The third-order valence-corrected chi connectivity index (χ3v) is 7.36. The minimum absolute atomic E-state index is 0.172. The molecule has 0 atom stereocenters. The molecule has 2 saturated heterocycles. The van der Waals surface area contributed by atoms with Crippen LogP contribution in [0.5, 0.6) is 5.75 Å². The summed E-state index contributed by atoms with van der Waals surface area (Å²) in [6.07, 6.45) is 5.62. The van der Waals surface area contributed by atoms with Gasteiger partial charge in [-0.25, -0.2) is 0 Å². The molecule has 178 valence electrons. The summed E-state index contributed by atoms with van der Waals surface area (Å²) < 4.78 is 5.54. The van der Waals surface area contributed by atoms with Crippen molar-refractivity contribution in [3.8, 4) is 5.75 Å². The molecule has 2 aromatic carbocycles. The number of likely N-dealkylation sites (tertiary alicyclic amines) is 1. The van der Waals surface area contributed by atoms with Crippen molar-refractivity contribution >= 4 is 16.7 Å². The summed E-state index contributed by atoms with van der Waals surface area (Å²) in [5, 5.41) is 2.41. The van der Waals surface area contributed by atoms with Crippen molar-refractivity contribution in [1.29, 1.82) is 0 Å². The van der Waals surface area contributed by atoms with Gasteiger partial charge < -0.3 is 9.64 Å². The van der Waals surface area contributed by atoms with Crippen LogP contribution < -0.4 is 4.74 Å². The van der Waals surface area contributed by atoms with E-state index in [2.05, 4.69) is 68.2 Å². The van der Waals surface area contributed by atoms with Crippen molar-refractivity contribution in [3.05, 3.63) is 72.1 Å². The smallest absolute Gasteiger partial charge is 0.225 e. The molecule has 3 aromatic rings. The molecule has 2 aliphatic heterocycles. The predicted molar refractivity (Wildman–Crippen MR) is 135 cm³/mol. The van der Waals surface area contributed by atoms with E-state index in [1.54, 1.807) is 7.11 Å². The van der Waals surface area contributed by atoms with E-state index in [-0.39, 0.29) is 5.92 Å². The highest BCUT2D eigenvalue weighted by Gasteiger charge is 2.30. The normalized spacial score (nSPS) is 18.3. The van der Waals surface area contributed by atoms with E-state index in [0.29, 0.717) is 5.91 Å². The first-order valence-corrected chi connectivity index (χ1v) is 12.4. The van der Waals surface area contributed by atoms with Gasteiger partial charge >= 0.3 is 0 Å². The lowest BCUT2D eigenvalue weighted by atomic mass is 9.94. The monoisotopic (exact) mass is 458 g/mol. The highest BCUT2D eigenvalue weighted by molar-refractivity contribution is 5.91. The number of hydrogen-bond donors (Lipinski definition) is 0. The Kier molecular flexibility index (Phi) is 7.07. The van der Waals surface area contributed by atoms with Crippen molar-refractivity contribution in [2.75, 3.05) is 46.4 Å².